The molecule has 0 fully saturated rings. The first-order valence-electron chi connectivity index (χ1n) is 7.79. The first-order chi connectivity index (χ1) is 12.6. The number of carbonyl (C=O) groups is 1. The van der Waals surface area contributed by atoms with Crippen LogP contribution in [0.3, 0.4) is 0 Å². The fourth-order valence-electron chi connectivity index (χ4n) is 2.16. The van der Waals surface area contributed by atoms with Crippen LogP contribution in [-0.4, -0.2) is 57.5 Å². The number of hydrogen-bond donors (Lipinski definition) is 2. The Balaban J connectivity index is 2.11. The van der Waals surface area contributed by atoms with Gasteiger partial charge in [-0.25, -0.2) is 9.97 Å². The number of rotatable bonds is 9. The number of benzene rings is 1. The lowest BCUT2D eigenvalue weighted by Gasteiger charge is -2.14. The van der Waals surface area contributed by atoms with Crippen LogP contribution in [-0.2, 0) is 4.74 Å². The van der Waals surface area contributed by atoms with Gasteiger partial charge >= 0.3 is 0 Å². The van der Waals surface area contributed by atoms with Crippen molar-refractivity contribution in [1.29, 1.82) is 0 Å². The molecule has 2 aromatic rings. The van der Waals surface area contributed by atoms with E-state index >= 15 is 0 Å². The Kier molecular flexibility index (Phi) is 6.98. The van der Waals surface area contributed by atoms with Gasteiger partial charge in [0, 0.05) is 43.9 Å². The van der Waals surface area contributed by atoms with Crippen molar-refractivity contribution in [2.75, 3.05) is 52.2 Å². The van der Waals surface area contributed by atoms with Gasteiger partial charge in [0.2, 0.25) is 11.7 Å². The molecule has 26 heavy (non-hydrogen) atoms. The maximum atomic E-state index is 12.4. The molecule has 140 valence electrons. The van der Waals surface area contributed by atoms with Gasteiger partial charge in [-0.05, 0) is 0 Å². The molecule has 9 nitrogen and oxygen atoms in total. The Morgan fingerprint density at radius 3 is 2.12 bits per heavy atom. The van der Waals surface area contributed by atoms with Crippen LogP contribution < -0.4 is 24.8 Å². The zero-order valence-electron chi connectivity index (χ0n) is 15.2. The lowest BCUT2D eigenvalue weighted by molar-refractivity contribution is 0.102. The van der Waals surface area contributed by atoms with E-state index in [-0.39, 0.29) is 5.91 Å². The fourth-order valence-corrected chi connectivity index (χ4v) is 2.16. The molecule has 9 heteroatoms. The summed E-state index contributed by atoms with van der Waals surface area (Å²) in [6.07, 6.45) is 2.88. The van der Waals surface area contributed by atoms with Crippen LogP contribution in [0.15, 0.2) is 24.5 Å². The third kappa shape index (κ3) is 4.73. The van der Waals surface area contributed by atoms with Crippen molar-refractivity contribution in [3.8, 4) is 17.2 Å². The normalized spacial score (nSPS) is 10.2. The molecule has 0 aliphatic heterocycles. The zero-order chi connectivity index (χ0) is 18.9. The van der Waals surface area contributed by atoms with E-state index in [1.54, 1.807) is 19.2 Å². The van der Waals surface area contributed by atoms with Crippen molar-refractivity contribution in [3.05, 3.63) is 30.1 Å². The quantitative estimate of drug-likeness (QED) is 0.651. The minimum absolute atomic E-state index is 0.316. The van der Waals surface area contributed by atoms with E-state index in [1.807, 2.05) is 0 Å². The van der Waals surface area contributed by atoms with E-state index < -0.39 is 0 Å². The van der Waals surface area contributed by atoms with Crippen molar-refractivity contribution in [1.82, 2.24) is 9.97 Å². The molecule has 0 aliphatic rings. The van der Waals surface area contributed by atoms with E-state index in [0.717, 1.165) is 0 Å². The fraction of sp³-hybridized carbons (Fsp3) is 0.353. The summed E-state index contributed by atoms with van der Waals surface area (Å²) in [5.74, 6) is 1.39. The van der Waals surface area contributed by atoms with Gasteiger partial charge in [0.1, 0.15) is 0 Å². The SMILES string of the molecule is COCCNc1ncc(C(=O)Nc2cc(OC)c(OC)c(OC)c2)cn1. The number of anilines is 2. The average molecular weight is 362 g/mol. The number of nitrogens with zero attached hydrogens (tertiary/aromatic N) is 2. The Morgan fingerprint density at radius 2 is 1.62 bits per heavy atom. The smallest absolute Gasteiger partial charge is 0.258 e. The number of amides is 1. The minimum Gasteiger partial charge on any atom is -0.493 e. The van der Waals surface area contributed by atoms with Crippen LogP contribution in [0.2, 0.25) is 0 Å². The minimum atomic E-state index is -0.359. The van der Waals surface area contributed by atoms with Gasteiger partial charge < -0.3 is 29.6 Å². The third-order valence-corrected chi connectivity index (χ3v) is 3.43. The molecule has 2 rings (SSSR count). The molecule has 2 N–H and O–H groups in total. The van der Waals surface area contributed by atoms with E-state index in [0.29, 0.717) is 47.6 Å². The molecule has 0 atom stereocenters. The number of ether oxygens (including phenoxy) is 4. The number of methoxy groups -OCH3 is 4. The van der Waals surface area contributed by atoms with E-state index in [1.165, 1.54) is 33.7 Å². The van der Waals surface area contributed by atoms with Crippen LogP contribution in [0, 0.1) is 0 Å². The lowest BCUT2D eigenvalue weighted by Crippen LogP contribution is -2.14. The Morgan fingerprint density at radius 1 is 1.00 bits per heavy atom. The second-order valence-electron chi connectivity index (χ2n) is 5.08. The van der Waals surface area contributed by atoms with Gasteiger partial charge in [0.05, 0.1) is 33.5 Å². The first kappa shape index (κ1) is 19.3. The Bertz CT molecular complexity index is 711. The van der Waals surface area contributed by atoms with Gasteiger partial charge in [-0.1, -0.05) is 0 Å². The highest BCUT2D eigenvalue weighted by atomic mass is 16.5. The van der Waals surface area contributed by atoms with Gasteiger partial charge in [-0.2, -0.15) is 0 Å². The van der Waals surface area contributed by atoms with E-state index in [9.17, 15) is 4.79 Å². The molecule has 0 saturated carbocycles. The molecule has 0 radical (unpaired) electrons. The van der Waals surface area contributed by atoms with Crippen molar-refractivity contribution < 1.29 is 23.7 Å². The number of aromatic nitrogens is 2. The summed E-state index contributed by atoms with van der Waals surface area (Å²) in [7, 11) is 6.13. The largest absolute Gasteiger partial charge is 0.493 e. The van der Waals surface area contributed by atoms with Crippen LogP contribution in [0.25, 0.3) is 0 Å². The standard InChI is InChI=1S/C17H22N4O5/c1-23-6-5-18-17-19-9-11(10-20-17)16(22)21-12-7-13(24-2)15(26-4)14(8-12)25-3/h7-10H,5-6H2,1-4H3,(H,21,22)(H,18,19,20). The Hall–Kier alpha value is -3.07. The zero-order valence-corrected chi connectivity index (χ0v) is 15.2. The van der Waals surface area contributed by atoms with Gasteiger partial charge in [0.25, 0.3) is 5.91 Å². The molecule has 0 spiro atoms. The van der Waals surface area contributed by atoms with Crippen LogP contribution in [0.4, 0.5) is 11.6 Å². The molecular weight excluding hydrogens is 340 g/mol. The van der Waals surface area contributed by atoms with Crippen molar-refractivity contribution >= 4 is 17.5 Å². The summed E-state index contributed by atoms with van der Waals surface area (Å²) in [5.41, 5.74) is 0.808. The summed E-state index contributed by atoms with van der Waals surface area (Å²) in [4.78, 5) is 20.6. The maximum absolute atomic E-state index is 12.4. The number of nitrogens with one attached hydrogen (secondary N) is 2. The van der Waals surface area contributed by atoms with Gasteiger partial charge in [-0.15, -0.1) is 0 Å². The molecule has 0 bridgehead atoms. The number of hydrogen-bond acceptors (Lipinski definition) is 8. The summed E-state index contributed by atoms with van der Waals surface area (Å²) in [6, 6.07) is 3.28. The monoisotopic (exact) mass is 362 g/mol. The highest BCUT2D eigenvalue weighted by Crippen LogP contribution is 2.39. The van der Waals surface area contributed by atoms with E-state index in [2.05, 4.69) is 20.6 Å². The molecule has 0 saturated heterocycles. The number of carbonyl (C=O) groups excluding carboxylic acids is 1. The molecule has 1 aromatic carbocycles. The summed E-state index contributed by atoms with van der Waals surface area (Å²) in [6.45, 7) is 1.11. The Labute approximate surface area is 151 Å². The van der Waals surface area contributed by atoms with Crippen molar-refractivity contribution in [2.24, 2.45) is 0 Å². The topological polar surface area (TPSA) is 104 Å². The van der Waals surface area contributed by atoms with E-state index in [4.69, 9.17) is 18.9 Å². The molecular formula is C17H22N4O5. The molecule has 0 unspecified atom stereocenters. The second-order valence-corrected chi connectivity index (χ2v) is 5.08. The van der Waals surface area contributed by atoms with Crippen molar-refractivity contribution in [2.45, 2.75) is 0 Å². The predicted octanol–water partition coefficient (Wildman–Crippen LogP) is 1.81. The maximum Gasteiger partial charge on any atom is 0.258 e. The highest BCUT2D eigenvalue weighted by Gasteiger charge is 2.15. The molecule has 1 heterocycles. The average Bonchev–Trinajstić information content (AvgIpc) is 2.67. The summed E-state index contributed by atoms with van der Waals surface area (Å²) >= 11 is 0. The van der Waals surface area contributed by atoms with Crippen LogP contribution in [0.5, 0.6) is 17.2 Å². The molecule has 1 aromatic heterocycles. The highest BCUT2D eigenvalue weighted by molar-refractivity contribution is 6.04. The molecule has 1 amide bonds. The predicted molar refractivity (Wildman–Crippen MR) is 96.4 cm³/mol. The van der Waals surface area contributed by atoms with Crippen LogP contribution >= 0.6 is 0 Å². The van der Waals surface area contributed by atoms with Gasteiger partial charge in [-0.3, -0.25) is 4.79 Å². The third-order valence-electron chi connectivity index (χ3n) is 3.43. The first-order valence-corrected chi connectivity index (χ1v) is 7.79. The summed E-state index contributed by atoms with van der Waals surface area (Å²) in [5, 5.41) is 5.73. The van der Waals surface area contributed by atoms with Crippen molar-refractivity contribution in [3.63, 3.8) is 0 Å². The molecule has 0 aliphatic carbocycles. The summed E-state index contributed by atoms with van der Waals surface area (Å²) < 4.78 is 20.7. The second kappa shape index (κ2) is 9.42. The van der Waals surface area contributed by atoms with Gasteiger partial charge in [0.15, 0.2) is 11.5 Å². The van der Waals surface area contributed by atoms with Crippen LogP contribution in [0.1, 0.15) is 10.4 Å². The lowest BCUT2D eigenvalue weighted by atomic mass is 10.2.